The van der Waals surface area contributed by atoms with E-state index in [9.17, 15) is 21.6 Å². The molecular formula is C14H10F3N3O2S. The number of aromatic amines is 1. The molecule has 0 amide bonds. The van der Waals surface area contributed by atoms with Gasteiger partial charge in [0.25, 0.3) is 0 Å². The number of aromatic nitrogens is 2. The Balaban J connectivity index is 1.89. The van der Waals surface area contributed by atoms with Gasteiger partial charge in [0.15, 0.2) is 11.6 Å². The third-order valence-corrected chi connectivity index (χ3v) is 4.67. The van der Waals surface area contributed by atoms with Gasteiger partial charge in [0.05, 0.1) is 0 Å². The van der Waals surface area contributed by atoms with E-state index < -0.39 is 32.4 Å². The van der Waals surface area contributed by atoms with Crippen LogP contribution in [0.15, 0.2) is 41.6 Å². The Bertz CT molecular complexity index is 986. The van der Waals surface area contributed by atoms with Gasteiger partial charge in [0.2, 0.25) is 10.0 Å². The van der Waals surface area contributed by atoms with Gasteiger partial charge < -0.3 is 4.98 Å². The second-order valence-corrected chi connectivity index (χ2v) is 6.47. The Morgan fingerprint density at radius 2 is 1.87 bits per heavy atom. The predicted molar refractivity (Wildman–Crippen MR) is 76.4 cm³/mol. The normalized spacial score (nSPS) is 12.0. The average Bonchev–Trinajstić information content (AvgIpc) is 2.92. The van der Waals surface area contributed by atoms with E-state index in [0.717, 1.165) is 0 Å². The van der Waals surface area contributed by atoms with Crippen LogP contribution in [0.1, 0.15) is 5.56 Å². The maximum absolute atomic E-state index is 13.6. The number of rotatable bonds is 4. The zero-order valence-corrected chi connectivity index (χ0v) is 12.3. The molecular weight excluding hydrogens is 331 g/mol. The van der Waals surface area contributed by atoms with E-state index >= 15 is 0 Å². The first-order valence-corrected chi connectivity index (χ1v) is 7.92. The first-order valence-electron chi connectivity index (χ1n) is 6.43. The van der Waals surface area contributed by atoms with Crippen molar-refractivity contribution in [1.82, 2.24) is 14.7 Å². The second kappa shape index (κ2) is 5.67. The maximum atomic E-state index is 13.6. The summed E-state index contributed by atoms with van der Waals surface area (Å²) in [5, 5.41) is 0.695. The van der Waals surface area contributed by atoms with Crippen LogP contribution in [-0.4, -0.2) is 18.4 Å². The summed E-state index contributed by atoms with van der Waals surface area (Å²) in [6.07, 6.45) is 3.13. The van der Waals surface area contributed by atoms with Crippen molar-refractivity contribution in [3.8, 4) is 0 Å². The largest absolute Gasteiger partial charge is 0.346 e. The Kier molecular flexibility index (Phi) is 3.82. The lowest BCUT2D eigenvalue weighted by Gasteiger charge is -2.08. The van der Waals surface area contributed by atoms with Crippen LogP contribution in [-0.2, 0) is 16.6 Å². The van der Waals surface area contributed by atoms with Gasteiger partial charge in [0.1, 0.15) is 16.4 Å². The van der Waals surface area contributed by atoms with Gasteiger partial charge in [-0.25, -0.2) is 31.3 Å². The lowest BCUT2D eigenvalue weighted by Crippen LogP contribution is -2.24. The molecule has 3 rings (SSSR count). The molecule has 5 nitrogen and oxygen atoms in total. The molecule has 0 fully saturated rings. The van der Waals surface area contributed by atoms with Crippen LogP contribution in [0.2, 0.25) is 0 Å². The van der Waals surface area contributed by atoms with Gasteiger partial charge in [0, 0.05) is 30.4 Å². The molecule has 0 radical (unpaired) electrons. The molecule has 0 saturated heterocycles. The minimum Gasteiger partial charge on any atom is -0.346 e. The summed E-state index contributed by atoms with van der Waals surface area (Å²) in [6, 6.07) is 3.92. The Labute approximate surface area is 129 Å². The SMILES string of the molecule is O=S(=O)(NCc1c[nH]c2ncccc12)c1cc(F)c(F)cc1F. The monoisotopic (exact) mass is 341 g/mol. The molecule has 23 heavy (non-hydrogen) atoms. The van der Waals surface area contributed by atoms with E-state index in [0.29, 0.717) is 22.7 Å². The number of H-pyrrole nitrogens is 1. The van der Waals surface area contributed by atoms with Crippen LogP contribution in [0.5, 0.6) is 0 Å². The summed E-state index contributed by atoms with van der Waals surface area (Å²) in [5.41, 5.74) is 1.15. The lowest BCUT2D eigenvalue weighted by atomic mass is 10.2. The Morgan fingerprint density at radius 1 is 1.13 bits per heavy atom. The molecule has 0 aliphatic rings. The number of pyridine rings is 1. The fourth-order valence-electron chi connectivity index (χ4n) is 2.12. The molecule has 0 atom stereocenters. The van der Waals surface area contributed by atoms with E-state index in [1.807, 2.05) is 0 Å². The molecule has 0 unspecified atom stereocenters. The molecule has 0 saturated carbocycles. The molecule has 0 bridgehead atoms. The van der Waals surface area contributed by atoms with Crippen LogP contribution < -0.4 is 4.72 Å². The summed E-state index contributed by atoms with van der Waals surface area (Å²) >= 11 is 0. The minimum atomic E-state index is -4.34. The lowest BCUT2D eigenvalue weighted by molar-refractivity contribution is 0.481. The summed E-state index contributed by atoms with van der Waals surface area (Å²) < 4.78 is 66.0. The van der Waals surface area contributed by atoms with E-state index in [1.54, 1.807) is 24.5 Å². The highest BCUT2D eigenvalue weighted by Gasteiger charge is 2.22. The number of fused-ring (bicyclic) bond motifs is 1. The van der Waals surface area contributed by atoms with Crippen molar-refractivity contribution in [2.75, 3.05) is 0 Å². The fourth-order valence-corrected chi connectivity index (χ4v) is 3.19. The molecule has 2 N–H and O–H groups in total. The van der Waals surface area contributed by atoms with Gasteiger partial charge >= 0.3 is 0 Å². The third kappa shape index (κ3) is 2.92. The molecule has 0 aliphatic heterocycles. The molecule has 0 aliphatic carbocycles. The van der Waals surface area contributed by atoms with Crippen molar-refractivity contribution in [3.63, 3.8) is 0 Å². The Morgan fingerprint density at radius 3 is 2.65 bits per heavy atom. The van der Waals surface area contributed by atoms with E-state index in [2.05, 4.69) is 14.7 Å². The quantitative estimate of drug-likeness (QED) is 0.716. The number of sulfonamides is 1. The van der Waals surface area contributed by atoms with Crippen molar-refractivity contribution >= 4 is 21.1 Å². The van der Waals surface area contributed by atoms with Crippen LogP contribution >= 0.6 is 0 Å². The second-order valence-electron chi connectivity index (χ2n) is 4.73. The smallest absolute Gasteiger partial charge is 0.243 e. The fraction of sp³-hybridized carbons (Fsp3) is 0.0714. The molecule has 9 heteroatoms. The molecule has 2 heterocycles. The molecule has 0 spiro atoms. The summed E-state index contributed by atoms with van der Waals surface area (Å²) in [5.74, 6) is -4.26. The van der Waals surface area contributed by atoms with Gasteiger partial charge in [-0.15, -0.1) is 0 Å². The van der Waals surface area contributed by atoms with Crippen LogP contribution in [0.3, 0.4) is 0 Å². The number of halogens is 3. The van der Waals surface area contributed by atoms with E-state index in [1.165, 1.54) is 0 Å². The topological polar surface area (TPSA) is 74.8 Å². The number of hydrogen-bond donors (Lipinski definition) is 2. The Hall–Kier alpha value is -2.39. The van der Waals surface area contributed by atoms with Crippen molar-refractivity contribution in [3.05, 3.63) is 59.7 Å². The number of nitrogens with zero attached hydrogens (tertiary/aromatic N) is 1. The zero-order valence-electron chi connectivity index (χ0n) is 11.5. The predicted octanol–water partition coefficient (Wildman–Crippen LogP) is 2.46. The summed E-state index contributed by atoms with van der Waals surface area (Å²) in [6.45, 7) is -0.160. The standard InChI is InChI=1S/C14H10F3N3O2S/c15-10-4-12(17)13(5-11(10)16)23(21,22)20-7-8-6-19-14-9(8)2-1-3-18-14/h1-6,20H,7H2,(H,18,19). The first kappa shape index (κ1) is 15.5. The van der Waals surface area contributed by atoms with E-state index in [4.69, 9.17) is 0 Å². The van der Waals surface area contributed by atoms with Crippen molar-refractivity contribution in [2.24, 2.45) is 0 Å². The van der Waals surface area contributed by atoms with E-state index in [-0.39, 0.29) is 12.6 Å². The van der Waals surface area contributed by atoms with Crippen molar-refractivity contribution < 1.29 is 21.6 Å². The third-order valence-electron chi connectivity index (χ3n) is 3.25. The van der Waals surface area contributed by atoms with Crippen molar-refractivity contribution in [1.29, 1.82) is 0 Å². The number of nitrogens with one attached hydrogen (secondary N) is 2. The van der Waals surface area contributed by atoms with Crippen LogP contribution in [0.4, 0.5) is 13.2 Å². The number of hydrogen-bond acceptors (Lipinski definition) is 3. The van der Waals surface area contributed by atoms with Crippen molar-refractivity contribution in [2.45, 2.75) is 11.4 Å². The molecule has 3 aromatic rings. The molecule has 1 aromatic carbocycles. The summed E-state index contributed by atoms with van der Waals surface area (Å²) in [7, 11) is -4.34. The molecule has 2 aromatic heterocycles. The van der Waals surface area contributed by atoms with Gasteiger partial charge in [-0.3, -0.25) is 0 Å². The highest BCUT2D eigenvalue weighted by molar-refractivity contribution is 7.89. The zero-order chi connectivity index (χ0) is 16.6. The van der Waals surface area contributed by atoms with Gasteiger partial charge in [-0.2, -0.15) is 0 Å². The first-order chi connectivity index (χ1) is 10.9. The van der Waals surface area contributed by atoms with Gasteiger partial charge in [-0.05, 0) is 23.8 Å². The van der Waals surface area contributed by atoms with Crippen LogP contribution in [0.25, 0.3) is 11.0 Å². The average molecular weight is 341 g/mol. The minimum absolute atomic E-state index is 0.160. The highest BCUT2D eigenvalue weighted by Crippen LogP contribution is 2.20. The highest BCUT2D eigenvalue weighted by atomic mass is 32.2. The maximum Gasteiger partial charge on any atom is 0.243 e. The number of benzene rings is 1. The van der Waals surface area contributed by atoms with Crippen LogP contribution in [0, 0.1) is 17.5 Å². The molecule has 120 valence electrons. The summed E-state index contributed by atoms with van der Waals surface area (Å²) in [4.78, 5) is 5.97. The van der Waals surface area contributed by atoms with Gasteiger partial charge in [-0.1, -0.05) is 0 Å².